The van der Waals surface area contributed by atoms with E-state index in [9.17, 15) is 14.7 Å². The molecule has 0 fully saturated rings. The SMILES string of the molecule is Cc1ccccc1C(=O)Nc1ccc(O)c(C(=O)O)c1. The topological polar surface area (TPSA) is 86.6 Å². The third-order valence-corrected chi connectivity index (χ3v) is 2.87. The van der Waals surface area contributed by atoms with Crippen molar-refractivity contribution in [2.24, 2.45) is 0 Å². The number of benzene rings is 2. The maximum absolute atomic E-state index is 12.1. The van der Waals surface area contributed by atoms with Crippen molar-refractivity contribution in [3.8, 4) is 5.75 Å². The summed E-state index contributed by atoms with van der Waals surface area (Å²) >= 11 is 0. The highest BCUT2D eigenvalue weighted by Crippen LogP contribution is 2.22. The summed E-state index contributed by atoms with van der Waals surface area (Å²) in [5.74, 6) is -1.92. The first-order valence-corrected chi connectivity index (χ1v) is 5.92. The fourth-order valence-electron chi connectivity index (χ4n) is 1.81. The van der Waals surface area contributed by atoms with Crippen LogP contribution in [0.1, 0.15) is 26.3 Å². The minimum atomic E-state index is -1.26. The van der Waals surface area contributed by atoms with Crippen LogP contribution < -0.4 is 5.32 Å². The maximum Gasteiger partial charge on any atom is 0.339 e. The average molecular weight is 271 g/mol. The lowest BCUT2D eigenvalue weighted by atomic mass is 10.1. The molecule has 0 spiro atoms. The zero-order valence-electron chi connectivity index (χ0n) is 10.8. The fourth-order valence-corrected chi connectivity index (χ4v) is 1.81. The molecule has 2 aromatic carbocycles. The van der Waals surface area contributed by atoms with Crippen LogP contribution in [-0.2, 0) is 0 Å². The molecular weight excluding hydrogens is 258 g/mol. The van der Waals surface area contributed by atoms with Crippen LogP contribution >= 0.6 is 0 Å². The molecule has 0 saturated heterocycles. The number of rotatable bonds is 3. The highest BCUT2D eigenvalue weighted by Gasteiger charge is 2.13. The Hall–Kier alpha value is -2.82. The average Bonchev–Trinajstić information content (AvgIpc) is 2.41. The zero-order valence-corrected chi connectivity index (χ0v) is 10.8. The second-order valence-electron chi connectivity index (χ2n) is 4.31. The van der Waals surface area contributed by atoms with Gasteiger partial charge in [-0.2, -0.15) is 0 Å². The zero-order chi connectivity index (χ0) is 14.7. The molecule has 2 rings (SSSR count). The van der Waals surface area contributed by atoms with Crippen molar-refractivity contribution in [2.45, 2.75) is 6.92 Å². The highest BCUT2D eigenvalue weighted by molar-refractivity contribution is 6.05. The number of nitrogens with one attached hydrogen (secondary N) is 1. The number of aromatic hydroxyl groups is 1. The van der Waals surface area contributed by atoms with Gasteiger partial charge in [0, 0.05) is 11.3 Å². The smallest absolute Gasteiger partial charge is 0.339 e. The lowest BCUT2D eigenvalue weighted by Gasteiger charge is -2.09. The van der Waals surface area contributed by atoms with Crippen LogP contribution in [0.4, 0.5) is 5.69 Å². The van der Waals surface area contributed by atoms with Gasteiger partial charge in [0.2, 0.25) is 0 Å². The van der Waals surface area contributed by atoms with Crippen LogP contribution in [0.25, 0.3) is 0 Å². The third-order valence-electron chi connectivity index (χ3n) is 2.87. The molecule has 0 bridgehead atoms. The number of carbonyl (C=O) groups is 2. The van der Waals surface area contributed by atoms with Gasteiger partial charge in [0.15, 0.2) is 0 Å². The van der Waals surface area contributed by atoms with Crippen LogP contribution in [0.3, 0.4) is 0 Å². The molecule has 2 aromatic rings. The van der Waals surface area contributed by atoms with Gasteiger partial charge in [-0.15, -0.1) is 0 Å². The quantitative estimate of drug-likeness (QED) is 0.749. The van der Waals surface area contributed by atoms with E-state index >= 15 is 0 Å². The lowest BCUT2D eigenvalue weighted by molar-refractivity contribution is 0.0693. The monoisotopic (exact) mass is 271 g/mol. The van der Waals surface area contributed by atoms with Crippen LogP contribution in [0.15, 0.2) is 42.5 Å². The molecule has 0 heterocycles. The summed E-state index contributed by atoms with van der Waals surface area (Å²) in [6.45, 7) is 1.81. The van der Waals surface area contributed by atoms with Gasteiger partial charge in [-0.05, 0) is 36.8 Å². The number of anilines is 1. The number of carbonyl (C=O) groups excluding carboxylic acids is 1. The number of amides is 1. The second kappa shape index (κ2) is 5.44. The van der Waals surface area contributed by atoms with E-state index in [0.717, 1.165) is 5.56 Å². The maximum atomic E-state index is 12.1. The van der Waals surface area contributed by atoms with Gasteiger partial charge in [-0.1, -0.05) is 18.2 Å². The van der Waals surface area contributed by atoms with Crippen molar-refractivity contribution >= 4 is 17.6 Å². The van der Waals surface area contributed by atoms with Crippen LogP contribution in [0, 0.1) is 6.92 Å². The van der Waals surface area contributed by atoms with Crippen LogP contribution in [-0.4, -0.2) is 22.1 Å². The summed E-state index contributed by atoms with van der Waals surface area (Å²) in [5.41, 5.74) is 1.39. The third kappa shape index (κ3) is 2.77. The minimum absolute atomic E-state index is 0.257. The standard InChI is InChI=1S/C15H13NO4/c1-9-4-2-3-5-11(9)14(18)16-10-6-7-13(17)12(8-10)15(19)20/h2-8,17H,1H3,(H,16,18)(H,19,20). The van der Waals surface area contributed by atoms with Crippen LogP contribution in [0.2, 0.25) is 0 Å². The molecule has 5 heteroatoms. The first-order valence-electron chi connectivity index (χ1n) is 5.92. The van der Waals surface area contributed by atoms with Gasteiger partial charge in [-0.3, -0.25) is 4.79 Å². The Balaban J connectivity index is 2.27. The van der Waals surface area contributed by atoms with Crippen molar-refractivity contribution < 1.29 is 19.8 Å². The molecule has 1 amide bonds. The van der Waals surface area contributed by atoms with Gasteiger partial charge in [0.05, 0.1) is 0 Å². The number of phenols is 1. The lowest BCUT2D eigenvalue weighted by Crippen LogP contribution is -2.13. The van der Waals surface area contributed by atoms with E-state index in [4.69, 9.17) is 5.11 Å². The number of hydrogen-bond donors (Lipinski definition) is 3. The van der Waals surface area contributed by atoms with Crippen molar-refractivity contribution in [3.63, 3.8) is 0 Å². The molecule has 0 aromatic heterocycles. The normalized spacial score (nSPS) is 10.1. The number of carboxylic acid groups (broad SMARTS) is 1. The van der Waals surface area contributed by atoms with Crippen molar-refractivity contribution in [2.75, 3.05) is 5.32 Å². The second-order valence-corrected chi connectivity index (χ2v) is 4.31. The first kappa shape index (κ1) is 13.6. The van der Waals surface area contributed by atoms with Crippen molar-refractivity contribution in [1.29, 1.82) is 0 Å². The first-order chi connectivity index (χ1) is 9.49. The van der Waals surface area contributed by atoms with Gasteiger partial charge in [-0.25, -0.2) is 4.79 Å². The molecule has 3 N–H and O–H groups in total. The number of hydrogen-bond acceptors (Lipinski definition) is 3. The highest BCUT2D eigenvalue weighted by atomic mass is 16.4. The van der Waals surface area contributed by atoms with E-state index in [2.05, 4.69) is 5.32 Å². The van der Waals surface area contributed by atoms with E-state index in [-0.39, 0.29) is 17.2 Å². The van der Waals surface area contributed by atoms with Gasteiger partial charge in [0.25, 0.3) is 5.91 Å². The van der Waals surface area contributed by atoms with Gasteiger partial charge < -0.3 is 15.5 Å². The Labute approximate surface area is 115 Å². The van der Waals surface area contributed by atoms with Gasteiger partial charge in [0.1, 0.15) is 11.3 Å². The molecule has 0 aliphatic heterocycles. The minimum Gasteiger partial charge on any atom is -0.507 e. The van der Waals surface area contributed by atoms with E-state index in [1.165, 1.54) is 18.2 Å². The van der Waals surface area contributed by atoms with Crippen molar-refractivity contribution in [1.82, 2.24) is 0 Å². The predicted molar refractivity (Wildman–Crippen MR) is 74.2 cm³/mol. The fraction of sp³-hybridized carbons (Fsp3) is 0.0667. The van der Waals surface area contributed by atoms with Crippen LogP contribution in [0.5, 0.6) is 5.75 Å². The van der Waals surface area contributed by atoms with Crippen molar-refractivity contribution in [3.05, 3.63) is 59.2 Å². The summed E-state index contributed by atoms with van der Waals surface area (Å²) in [5, 5.41) is 20.9. The molecule has 0 saturated carbocycles. The molecule has 5 nitrogen and oxygen atoms in total. The number of aromatic carboxylic acids is 1. The summed E-state index contributed by atoms with van der Waals surface area (Å²) in [7, 11) is 0. The Bertz CT molecular complexity index is 679. The Morgan fingerprint density at radius 3 is 2.40 bits per heavy atom. The molecule has 0 unspecified atom stereocenters. The molecule has 0 radical (unpaired) electrons. The Morgan fingerprint density at radius 2 is 1.75 bits per heavy atom. The summed E-state index contributed by atoms with van der Waals surface area (Å²) in [4.78, 5) is 23.0. The van der Waals surface area contributed by atoms with E-state index in [0.29, 0.717) is 11.3 Å². The molecular formula is C15H13NO4. The summed E-state index contributed by atoms with van der Waals surface area (Å²) < 4.78 is 0. The van der Waals surface area contributed by atoms with Gasteiger partial charge >= 0.3 is 5.97 Å². The Kier molecular flexibility index (Phi) is 3.70. The Morgan fingerprint density at radius 1 is 1.05 bits per heavy atom. The van der Waals surface area contributed by atoms with E-state index in [1.807, 2.05) is 19.1 Å². The number of carboxylic acids is 1. The summed E-state index contributed by atoms with van der Waals surface area (Å²) in [6.07, 6.45) is 0. The summed E-state index contributed by atoms with van der Waals surface area (Å²) in [6, 6.07) is 11.0. The molecule has 20 heavy (non-hydrogen) atoms. The molecule has 102 valence electrons. The van der Waals surface area contributed by atoms with E-state index < -0.39 is 5.97 Å². The molecule has 0 atom stereocenters. The predicted octanol–water partition coefficient (Wildman–Crippen LogP) is 2.65. The largest absolute Gasteiger partial charge is 0.507 e. The number of aryl methyl sites for hydroxylation is 1. The van der Waals surface area contributed by atoms with E-state index in [1.54, 1.807) is 12.1 Å². The molecule has 0 aliphatic rings. The molecule has 0 aliphatic carbocycles.